The predicted octanol–water partition coefficient (Wildman–Crippen LogP) is 4.48. The molecule has 108 valence electrons. The summed E-state index contributed by atoms with van der Waals surface area (Å²) in [5.74, 6) is 0.821. The number of aromatic nitrogens is 2. The Morgan fingerprint density at radius 2 is 1.81 bits per heavy atom. The Bertz CT molecular complexity index is 788. The smallest absolute Gasteiger partial charge is 0.342 e. The topological polar surface area (TPSA) is 28.7 Å². The van der Waals surface area contributed by atoms with Gasteiger partial charge in [-0.15, -0.1) is 0 Å². The maximum atomic E-state index is 12.7. The largest absolute Gasteiger partial charge is 0.416 e. The van der Waals surface area contributed by atoms with Crippen molar-refractivity contribution < 1.29 is 13.2 Å². The van der Waals surface area contributed by atoms with Gasteiger partial charge >= 0.3 is 6.18 Å². The molecule has 0 aliphatic carbocycles. The molecule has 21 heavy (non-hydrogen) atoms. The van der Waals surface area contributed by atoms with Gasteiger partial charge in [0, 0.05) is 0 Å². The maximum absolute atomic E-state index is 12.7. The standard InChI is InChI=1S/C16H13F3N2/c1-10-20-14-6-5-12(9-15(14)21-10)7-11-3-2-4-13(8-11)16(17,18)19/h2-6,8-9H,7H2,1H3,(H,20,21). The molecule has 0 aliphatic heterocycles. The number of fused-ring (bicyclic) bond motifs is 1. The highest BCUT2D eigenvalue weighted by atomic mass is 19.4. The number of rotatable bonds is 2. The molecule has 3 rings (SSSR count). The normalized spacial score (nSPS) is 12.0. The minimum atomic E-state index is -4.31. The SMILES string of the molecule is Cc1nc2ccc(Cc3cccc(C(F)(F)F)c3)cc2[nH]1. The number of benzene rings is 2. The Morgan fingerprint density at radius 3 is 2.57 bits per heavy atom. The molecule has 0 spiro atoms. The summed E-state index contributed by atoms with van der Waals surface area (Å²) in [6.45, 7) is 1.87. The van der Waals surface area contributed by atoms with Gasteiger partial charge in [0.1, 0.15) is 5.82 Å². The Labute approximate surface area is 119 Å². The fraction of sp³-hybridized carbons (Fsp3) is 0.188. The molecule has 0 amide bonds. The van der Waals surface area contributed by atoms with Gasteiger partial charge in [-0.3, -0.25) is 0 Å². The molecule has 0 bridgehead atoms. The summed E-state index contributed by atoms with van der Waals surface area (Å²) >= 11 is 0. The number of hydrogen-bond donors (Lipinski definition) is 1. The molecule has 0 saturated carbocycles. The molecule has 1 heterocycles. The van der Waals surface area contributed by atoms with E-state index in [-0.39, 0.29) is 0 Å². The molecule has 0 radical (unpaired) electrons. The maximum Gasteiger partial charge on any atom is 0.416 e. The Morgan fingerprint density at radius 1 is 1.05 bits per heavy atom. The Balaban J connectivity index is 1.91. The highest BCUT2D eigenvalue weighted by Crippen LogP contribution is 2.30. The molecule has 2 aromatic carbocycles. The van der Waals surface area contributed by atoms with E-state index in [0.29, 0.717) is 12.0 Å². The van der Waals surface area contributed by atoms with Crippen LogP contribution in [0.4, 0.5) is 13.2 Å². The first-order valence-electron chi connectivity index (χ1n) is 6.53. The lowest BCUT2D eigenvalue weighted by molar-refractivity contribution is -0.137. The van der Waals surface area contributed by atoms with E-state index >= 15 is 0 Å². The summed E-state index contributed by atoms with van der Waals surface area (Å²) < 4.78 is 38.1. The number of aryl methyl sites for hydroxylation is 1. The van der Waals surface area contributed by atoms with E-state index in [1.165, 1.54) is 12.1 Å². The van der Waals surface area contributed by atoms with Gasteiger partial charge in [0.05, 0.1) is 16.6 Å². The first-order chi connectivity index (χ1) is 9.91. The van der Waals surface area contributed by atoms with Crippen molar-refractivity contribution >= 4 is 11.0 Å². The van der Waals surface area contributed by atoms with Crippen LogP contribution in [0.1, 0.15) is 22.5 Å². The van der Waals surface area contributed by atoms with Gasteiger partial charge in [0.15, 0.2) is 0 Å². The number of nitrogens with one attached hydrogen (secondary N) is 1. The van der Waals surface area contributed by atoms with E-state index in [4.69, 9.17) is 0 Å². The number of imidazole rings is 1. The average molecular weight is 290 g/mol. The van der Waals surface area contributed by atoms with E-state index in [1.54, 1.807) is 6.07 Å². The molecule has 1 N–H and O–H groups in total. The zero-order chi connectivity index (χ0) is 15.0. The first kappa shape index (κ1) is 13.7. The van der Waals surface area contributed by atoms with Gasteiger partial charge in [-0.2, -0.15) is 13.2 Å². The van der Waals surface area contributed by atoms with Crippen molar-refractivity contribution in [3.8, 4) is 0 Å². The fourth-order valence-electron chi connectivity index (χ4n) is 2.39. The fourth-order valence-corrected chi connectivity index (χ4v) is 2.39. The third-order valence-electron chi connectivity index (χ3n) is 3.33. The van der Waals surface area contributed by atoms with Gasteiger partial charge in [-0.25, -0.2) is 4.98 Å². The second-order valence-electron chi connectivity index (χ2n) is 5.05. The molecule has 3 aromatic rings. The van der Waals surface area contributed by atoms with E-state index in [1.807, 2.05) is 25.1 Å². The summed E-state index contributed by atoms with van der Waals surface area (Å²) in [5, 5.41) is 0. The molecule has 1 aromatic heterocycles. The average Bonchev–Trinajstić information content (AvgIpc) is 2.77. The summed E-state index contributed by atoms with van der Waals surface area (Å²) in [4.78, 5) is 7.43. The molecule has 0 fully saturated rings. The second-order valence-corrected chi connectivity index (χ2v) is 5.05. The van der Waals surface area contributed by atoms with Crippen molar-refractivity contribution in [1.82, 2.24) is 9.97 Å². The van der Waals surface area contributed by atoms with Crippen LogP contribution in [-0.4, -0.2) is 9.97 Å². The Hall–Kier alpha value is -2.30. The van der Waals surface area contributed by atoms with Gasteiger partial charge in [0.25, 0.3) is 0 Å². The van der Waals surface area contributed by atoms with Crippen molar-refractivity contribution in [2.75, 3.05) is 0 Å². The van der Waals surface area contributed by atoms with E-state index in [9.17, 15) is 13.2 Å². The van der Waals surface area contributed by atoms with Crippen molar-refractivity contribution in [1.29, 1.82) is 0 Å². The lowest BCUT2D eigenvalue weighted by atomic mass is 10.0. The number of alkyl halides is 3. The first-order valence-corrected chi connectivity index (χ1v) is 6.53. The van der Waals surface area contributed by atoms with Gasteiger partial charge in [0.2, 0.25) is 0 Å². The van der Waals surface area contributed by atoms with Crippen molar-refractivity contribution in [2.45, 2.75) is 19.5 Å². The second kappa shape index (κ2) is 4.91. The quantitative estimate of drug-likeness (QED) is 0.740. The van der Waals surface area contributed by atoms with E-state index in [0.717, 1.165) is 28.5 Å². The number of nitrogens with zero attached hydrogens (tertiary/aromatic N) is 1. The summed E-state index contributed by atoms with van der Waals surface area (Å²) in [6.07, 6.45) is -3.85. The molecule has 2 nitrogen and oxygen atoms in total. The zero-order valence-corrected chi connectivity index (χ0v) is 11.3. The molecular formula is C16H13F3N2. The lowest BCUT2D eigenvalue weighted by Crippen LogP contribution is -2.05. The third-order valence-corrected chi connectivity index (χ3v) is 3.33. The third kappa shape index (κ3) is 2.91. The number of halogens is 3. The van der Waals surface area contributed by atoms with Crippen molar-refractivity contribution in [3.63, 3.8) is 0 Å². The van der Waals surface area contributed by atoms with Gasteiger partial charge < -0.3 is 4.98 Å². The van der Waals surface area contributed by atoms with Crippen LogP contribution in [0.5, 0.6) is 0 Å². The van der Waals surface area contributed by atoms with Gasteiger partial charge in [-0.1, -0.05) is 24.3 Å². The molecule has 0 saturated heterocycles. The zero-order valence-electron chi connectivity index (χ0n) is 11.3. The molecule has 0 aliphatic rings. The number of H-pyrrole nitrogens is 1. The van der Waals surface area contributed by atoms with Crippen LogP contribution in [0, 0.1) is 6.92 Å². The molecular weight excluding hydrogens is 277 g/mol. The minimum absolute atomic E-state index is 0.456. The van der Waals surface area contributed by atoms with Crippen LogP contribution in [0.15, 0.2) is 42.5 Å². The van der Waals surface area contributed by atoms with Crippen LogP contribution < -0.4 is 0 Å². The molecule has 0 atom stereocenters. The van der Waals surface area contributed by atoms with Crippen LogP contribution in [0.3, 0.4) is 0 Å². The summed E-state index contributed by atoms with van der Waals surface area (Å²) in [7, 11) is 0. The Kier molecular flexibility index (Phi) is 3.20. The summed E-state index contributed by atoms with van der Waals surface area (Å²) in [6, 6.07) is 11.1. The molecule has 5 heteroatoms. The van der Waals surface area contributed by atoms with Crippen LogP contribution >= 0.6 is 0 Å². The lowest BCUT2D eigenvalue weighted by Gasteiger charge is -2.08. The molecule has 0 unspecified atom stereocenters. The minimum Gasteiger partial charge on any atom is -0.342 e. The highest BCUT2D eigenvalue weighted by Gasteiger charge is 2.30. The predicted molar refractivity (Wildman–Crippen MR) is 75.1 cm³/mol. The van der Waals surface area contributed by atoms with E-state index in [2.05, 4.69) is 9.97 Å². The van der Waals surface area contributed by atoms with Crippen molar-refractivity contribution in [2.24, 2.45) is 0 Å². The van der Waals surface area contributed by atoms with E-state index < -0.39 is 11.7 Å². The van der Waals surface area contributed by atoms with Crippen LogP contribution in [-0.2, 0) is 12.6 Å². The van der Waals surface area contributed by atoms with Crippen LogP contribution in [0.2, 0.25) is 0 Å². The number of aromatic amines is 1. The highest BCUT2D eigenvalue weighted by molar-refractivity contribution is 5.75. The van der Waals surface area contributed by atoms with Crippen molar-refractivity contribution in [3.05, 3.63) is 65.0 Å². The number of hydrogen-bond acceptors (Lipinski definition) is 1. The summed E-state index contributed by atoms with van der Waals surface area (Å²) in [5.41, 5.74) is 2.74. The van der Waals surface area contributed by atoms with Crippen LogP contribution in [0.25, 0.3) is 11.0 Å². The van der Waals surface area contributed by atoms with Gasteiger partial charge in [-0.05, 0) is 42.7 Å². The monoisotopic (exact) mass is 290 g/mol.